The van der Waals surface area contributed by atoms with Gasteiger partial charge in [-0.25, -0.2) is 0 Å². The molecule has 0 spiro atoms. The van der Waals surface area contributed by atoms with E-state index in [0.717, 1.165) is 44.8 Å². The zero-order chi connectivity index (χ0) is 19.4. The van der Waals surface area contributed by atoms with E-state index in [1.807, 2.05) is 0 Å². The molecule has 0 radical (unpaired) electrons. The average molecular weight is 400 g/mol. The van der Waals surface area contributed by atoms with Gasteiger partial charge in [0.25, 0.3) is 0 Å². The van der Waals surface area contributed by atoms with Crippen LogP contribution in [0.1, 0.15) is 89.9 Å². The number of rotatable bonds is 15. The molecule has 0 aliphatic heterocycles. The molecule has 2 aliphatic rings. The highest BCUT2D eigenvalue weighted by molar-refractivity contribution is 6.23. The molecular formula is C21H38ClN3O2. The lowest BCUT2D eigenvalue weighted by Gasteiger charge is -2.13. The summed E-state index contributed by atoms with van der Waals surface area (Å²) in [5, 5.41) is 2.98. The van der Waals surface area contributed by atoms with Gasteiger partial charge in [0.1, 0.15) is 11.3 Å². The predicted octanol–water partition coefficient (Wildman–Crippen LogP) is 4.72. The highest BCUT2D eigenvalue weighted by atomic mass is 35.5. The van der Waals surface area contributed by atoms with Gasteiger partial charge in [-0.3, -0.25) is 4.79 Å². The Bertz CT molecular complexity index is 460. The number of hydrogen-bond donors (Lipinski definition) is 2. The van der Waals surface area contributed by atoms with E-state index >= 15 is 0 Å². The highest BCUT2D eigenvalue weighted by Gasteiger charge is 2.53. The van der Waals surface area contributed by atoms with Gasteiger partial charge < -0.3 is 15.8 Å². The standard InChI is InChI=1S/C21H38ClN3O2/c22-25-19(23)21(13-14-21)20(26)24-15-9-5-3-1-2-4-6-10-16-27-17-18-11-7-8-12-18/h18H,1-17H2,(H2,23,25)(H,24,26). The van der Waals surface area contributed by atoms with Crippen LogP contribution in [0.25, 0.3) is 0 Å². The zero-order valence-corrected chi connectivity index (χ0v) is 17.6. The highest BCUT2D eigenvalue weighted by Crippen LogP contribution is 2.46. The monoisotopic (exact) mass is 399 g/mol. The van der Waals surface area contributed by atoms with Crippen LogP contribution in [0.4, 0.5) is 0 Å². The topological polar surface area (TPSA) is 76.7 Å². The fourth-order valence-electron chi connectivity index (χ4n) is 3.99. The maximum absolute atomic E-state index is 12.1. The Morgan fingerprint density at radius 2 is 1.63 bits per heavy atom. The number of carbonyl (C=O) groups is 1. The van der Waals surface area contributed by atoms with Crippen LogP contribution in [-0.2, 0) is 9.53 Å². The van der Waals surface area contributed by atoms with E-state index in [-0.39, 0.29) is 11.7 Å². The molecule has 5 nitrogen and oxygen atoms in total. The second-order valence-electron chi connectivity index (χ2n) is 8.36. The van der Waals surface area contributed by atoms with Crippen LogP contribution in [0.3, 0.4) is 0 Å². The summed E-state index contributed by atoms with van der Waals surface area (Å²) >= 11 is 5.40. The van der Waals surface area contributed by atoms with E-state index in [4.69, 9.17) is 22.2 Å². The number of amides is 1. The molecule has 0 bridgehead atoms. The molecular weight excluding hydrogens is 362 g/mol. The number of halogens is 1. The molecule has 156 valence electrons. The first-order valence-electron chi connectivity index (χ1n) is 11.0. The first-order chi connectivity index (χ1) is 13.2. The van der Waals surface area contributed by atoms with Crippen LogP contribution in [0, 0.1) is 11.3 Å². The molecule has 27 heavy (non-hydrogen) atoms. The van der Waals surface area contributed by atoms with Crippen LogP contribution < -0.4 is 11.1 Å². The molecule has 6 heteroatoms. The zero-order valence-electron chi connectivity index (χ0n) is 16.8. The maximum atomic E-state index is 12.1. The Balaban J connectivity index is 1.31. The molecule has 0 aromatic carbocycles. The second-order valence-corrected chi connectivity index (χ2v) is 8.53. The van der Waals surface area contributed by atoms with Gasteiger partial charge in [0.05, 0.1) is 0 Å². The Hall–Kier alpha value is -0.810. The summed E-state index contributed by atoms with van der Waals surface area (Å²) in [5.74, 6) is 1.08. The molecule has 3 N–H and O–H groups in total. The normalized spacial score (nSPS) is 19.4. The number of amidine groups is 1. The van der Waals surface area contributed by atoms with Crippen molar-refractivity contribution < 1.29 is 9.53 Å². The van der Waals surface area contributed by atoms with Crippen molar-refractivity contribution in [2.24, 2.45) is 21.6 Å². The summed E-state index contributed by atoms with van der Waals surface area (Å²) < 4.78 is 9.27. The molecule has 0 aromatic heterocycles. The van der Waals surface area contributed by atoms with Crippen molar-refractivity contribution in [1.29, 1.82) is 0 Å². The number of unbranched alkanes of at least 4 members (excludes halogenated alkanes) is 7. The minimum absolute atomic E-state index is 0.0143. The average Bonchev–Trinajstić information content (AvgIpc) is 3.34. The van der Waals surface area contributed by atoms with Crippen molar-refractivity contribution >= 4 is 23.5 Å². The van der Waals surface area contributed by atoms with Gasteiger partial charge in [0.2, 0.25) is 5.91 Å². The van der Waals surface area contributed by atoms with Gasteiger partial charge >= 0.3 is 0 Å². The minimum atomic E-state index is -0.609. The van der Waals surface area contributed by atoms with Crippen LogP contribution in [0.15, 0.2) is 4.51 Å². The molecule has 0 atom stereocenters. The molecule has 0 heterocycles. The third kappa shape index (κ3) is 7.98. The Labute approximate surface area is 170 Å². The van der Waals surface area contributed by atoms with E-state index in [1.54, 1.807) is 0 Å². The number of hydrogen-bond acceptors (Lipinski definition) is 3. The van der Waals surface area contributed by atoms with E-state index in [0.29, 0.717) is 6.54 Å². The van der Waals surface area contributed by atoms with Crippen molar-refractivity contribution in [1.82, 2.24) is 5.32 Å². The Kier molecular flexibility index (Phi) is 10.5. The Morgan fingerprint density at radius 3 is 2.22 bits per heavy atom. The smallest absolute Gasteiger partial charge is 0.233 e. The van der Waals surface area contributed by atoms with Gasteiger partial charge in [-0.2, -0.15) is 4.51 Å². The summed E-state index contributed by atoms with van der Waals surface area (Å²) in [6.45, 7) is 2.65. The second kappa shape index (κ2) is 12.6. The molecule has 2 rings (SSSR count). The van der Waals surface area contributed by atoms with Crippen LogP contribution >= 0.6 is 11.8 Å². The van der Waals surface area contributed by atoms with Gasteiger partial charge in [0.15, 0.2) is 0 Å². The lowest BCUT2D eigenvalue weighted by Crippen LogP contribution is -2.40. The van der Waals surface area contributed by atoms with Gasteiger partial charge in [-0.15, -0.1) is 0 Å². The molecule has 0 saturated heterocycles. The largest absolute Gasteiger partial charge is 0.385 e. The summed E-state index contributed by atoms with van der Waals surface area (Å²) in [6.07, 6.45) is 16.9. The number of carbonyl (C=O) groups excluding carboxylic acids is 1. The number of nitrogens with two attached hydrogens (primary N) is 1. The van der Waals surface area contributed by atoms with Crippen molar-refractivity contribution in [3.63, 3.8) is 0 Å². The van der Waals surface area contributed by atoms with E-state index in [9.17, 15) is 4.79 Å². The number of nitrogens with one attached hydrogen (secondary N) is 1. The SMILES string of the molecule is N/C(=N\Cl)C1(C(=O)NCCCCCCCCCCOCC2CCCC2)CC1. The molecule has 0 unspecified atom stereocenters. The lowest BCUT2D eigenvalue weighted by molar-refractivity contribution is -0.124. The third-order valence-electron chi connectivity index (χ3n) is 6.10. The molecule has 2 saturated carbocycles. The molecule has 2 aliphatic carbocycles. The molecule has 1 amide bonds. The maximum Gasteiger partial charge on any atom is 0.233 e. The lowest BCUT2D eigenvalue weighted by atomic mass is 10.0. The molecule has 2 fully saturated rings. The quantitative estimate of drug-likeness (QED) is 0.237. The summed E-state index contributed by atoms with van der Waals surface area (Å²) in [4.78, 5) is 12.1. The van der Waals surface area contributed by atoms with E-state index in [1.165, 1.54) is 64.2 Å². The fraction of sp³-hybridized carbons (Fsp3) is 0.905. The minimum Gasteiger partial charge on any atom is -0.385 e. The molecule has 0 aromatic rings. The van der Waals surface area contributed by atoms with Crippen molar-refractivity contribution in [3.05, 3.63) is 0 Å². The first-order valence-corrected chi connectivity index (χ1v) is 11.3. The van der Waals surface area contributed by atoms with E-state index in [2.05, 4.69) is 9.83 Å². The summed E-state index contributed by atoms with van der Waals surface area (Å²) in [7, 11) is 0. The van der Waals surface area contributed by atoms with Gasteiger partial charge in [-0.1, -0.05) is 51.4 Å². The third-order valence-corrected chi connectivity index (χ3v) is 6.28. The first kappa shape index (κ1) is 22.5. The van der Waals surface area contributed by atoms with Gasteiger partial charge in [0, 0.05) is 31.5 Å². The van der Waals surface area contributed by atoms with Crippen LogP contribution in [0.5, 0.6) is 0 Å². The summed E-state index contributed by atoms with van der Waals surface area (Å²) in [6, 6.07) is 0. The summed E-state index contributed by atoms with van der Waals surface area (Å²) in [5.41, 5.74) is 5.12. The number of nitrogens with zero attached hydrogens (tertiary/aromatic N) is 1. The van der Waals surface area contributed by atoms with Crippen molar-refractivity contribution in [2.75, 3.05) is 19.8 Å². The van der Waals surface area contributed by atoms with Crippen molar-refractivity contribution in [3.8, 4) is 0 Å². The predicted molar refractivity (Wildman–Crippen MR) is 112 cm³/mol. The van der Waals surface area contributed by atoms with Crippen molar-refractivity contribution in [2.45, 2.75) is 89.9 Å². The van der Waals surface area contributed by atoms with Gasteiger partial charge in [-0.05, 0) is 44.4 Å². The fourth-order valence-corrected chi connectivity index (χ4v) is 4.16. The van der Waals surface area contributed by atoms with Crippen LogP contribution in [0.2, 0.25) is 0 Å². The Morgan fingerprint density at radius 1 is 1.04 bits per heavy atom. The van der Waals surface area contributed by atoms with E-state index < -0.39 is 5.41 Å². The van der Waals surface area contributed by atoms with Crippen LogP contribution in [-0.4, -0.2) is 31.5 Å². The number of ether oxygens (including phenoxy) is 1.